The van der Waals surface area contributed by atoms with Crippen molar-refractivity contribution in [2.75, 3.05) is 45.9 Å². The van der Waals surface area contributed by atoms with Crippen LogP contribution in [-0.4, -0.2) is 71.5 Å². The summed E-state index contributed by atoms with van der Waals surface area (Å²) in [4.78, 5) is 4.77. The van der Waals surface area contributed by atoms with Gasteiger partial charge in [0.15, 0.2) is 0 Å². The lowest BCUT2D eigenvalue weighted by Gasteiger charge is -2.33. The molecule has 0 spiro atoms. The Bertz CT molecular complexity index is 798. The maximum absolute atomic E-state index is 13.3. The average Bonchev–Trinajstić information content (AvgIpc) is 3.23. The molecule has 1 N–H and O–H groups in total. The largest absolute Gasteiger partial charge is 0.390 e. The molecule has 2 fully saturated rings. The maximum atomic E-state index is 13.3. The van der Waals surface area contributed by atoms with Crippen LogP contribution >= 0.6 is 0 Å². The Labute approximate surface area is 191 Å². The summed E-state index contributed by atoms with van der Waals surface area (Å²) in [6.07, 6.45) is 8.35. The van der Waals surface area contributed by atoms with Crippen molar-refractivity contribution < 1.29 is 14.2 Å². The van der Waals surface area contributed by atoms with Crippen LogP contribution in [0.5, 0.6) is 0 Å². The minimum absolute atomic E-state index is 0.200. The van der Waals surface area contributed by atoms with E-state index in [1.165, 1.54) is 49.9 Å². The predicted molar refractivity (Wildman–Crippen MR) is 125 cm³/mol. The van der Waals surface area contributed by atoms with E-state index in [0.717, 1.165) is 57.4 Å². The van der Waals surface area contributed by atoms with Crippen LogP contribution in [0.4, 0.5) is 4.39 Å². The zero-order chi connectivity index (χ0) is 22.2. The molecule has 4 rings (SSSR count). The van der Waals surface area contributed by atoms with Crippen molar-refractivity contribution in [2.45, 2.75) is 51.3 Å². The standard InChI is InChI=1S/C26H38FN3O2/c27-24-10-8-23(9-11-24)18-30-12-4-7-25(30)19-29(17-22-5-2-1-3-6-22)21-26(31)20-28-13-15-32-16-14-28/h4,7-12,22,26,31H,1-3,5-6,13-21H2. The van der Waals surface area contributed by atoms with Gasteiger partial charge in [0.25, 0.3) is 0 Å². The van der Waals surface area contributed by atoms with Gasteiger partial charge >= 0.3 is 0 Å². The average molecular weight is 444 g/mol. The van der Waals surface area contributed by atoms with Crippen molar-refractivity contribution in [1.29, 1.82) is 0 Å². The number of ether oxygens (including phenoxy) is 1. The summed E-state index contributed by atoms with van der Waals surface area (Å²) in [5, 5.41) is 10.9. The molecule has 1 aromatic heterocycles. The number of β-amino-alcohol motifs (C(OH)–C–C–N with tert-alkyl or cyclic N) is 1. The van der Waals surface area contributed by atoms with Gasteiger partial charge in [-0.3, -0.25) is 9.80 Å². The van der Waals surface area contributed by atoms with Gasteiger partial charge < -0.3 is 14.4 Å². The maximum Gasteiger partial charge on any atom is 0.123 e. The van der Waals surface area contributed by atoms with Crippen LogP contribution in [-0.2, 0) is 17.8 Å². The van der Waals surface area contributed by atoms with Crippen molar-refractivity contribution in [3.8, 4) is 0 Å². The minimum atomic E-state index is -0.364. The first kappa shape index (κ1) is 23.4. The normalized spacial score (nSPS) is 19.5. The van der Waals surface area contributed by atoms with Crippen molar-refractivity contribution in [2.24, 2.45) is 5.92 Å². The Morgan fingerprint density at radius 2 is 1.81 bits per heavy atom. The Morgan fingerprint density at radius 3 is 2.56 bits per heavy atom. The quantitative estimate of drug-likeness (QED) is 0.607. The third-order valence-corrected chi connectivity index (χ3v) is 6.86. The summed E-state index contributed by atoms with van der Waals surface area (Å²) in [6, 6.07) is 11.0. The number of aliphatic hydroxyl groups excluding tert-OH is 1. The summed E-state index contributed by atoms with van der Waals surface area (Å²) in [6.45, 7) is 7.32. The van der Waals surface area contributed by atoms with E-state index in [9.17, 15) is 9.50 Å². The molecular weight excluding hydrogens is 405 g/mol. The molecule has 0 bridgehead atoms. The van der Waals surface area contributed by atoms with Crippen molar-refractivity contribution in [3.05, 3.63) is 59.7 Å². The molecule has 2 aliphatic rings. The number of hydrogen-bond acceptors (Lipinski definition) is 4. The van der Waals surface area contributed by atoms with E-state index in [4.69, 9.17) is 4.74 Å². The molecule has 1 atom stereocenters. The van der Waals surface area contributed by atoms with Crippen molar-refractivity contribution >= 4 is 0 Å². The van der Waals surface area contributed by atoms with E-state index in [-0.39, 0.29) is 11.9 Å². The lowest BCUT2D eigenvalue weighted by atomic mass is 9.89. The van der Waals surface area contributed by atoms with Crippen LogP contribution in [0.25, 0.3) is 0 Å². The van der Waals surface area contributed by atoms with Crippen LogP contribution in [0.1, 0.15) is 43.4 Å². The SMILES string of the molecule is OC(CN1CCOCC1)CN(Cc1cccn1Cc1ccc(F)cc1)CC1CCCCC1. The topological polar surface area (TPSA) is 40.9 Å². The van der Waals surface area contributed by atoms with E-state index in [1.807, 2.05) is 12.1 Å². The lowest BCUT2D eigenvalue weighted by Crippen LogP contribution is -2.45. The third kappa shape index (κ3) is 7.14. The first-order valence-corrected chi connectivity index (χ1v) is 12.2. The number of morpholine rings is 1. The Morgan fingerprint density at radius 1 is 1.06 bits per heavy atom. The van der Waals surface area contributed by atoms with E-state index < -0.39 is 0 Å². The molecular formula is C26H38FN3O2. The molecule has 1 saturated heterocycles. The molecule has 1 aliphatic heterocycles. The number of halogens is 1. The van der Waals surface area contributed by atoms with Crippen LogP contribution in [0, 0.1) is 11.7 Å². The zero-order valence-corrected chi connectivity index (χ0v) is 19.2. The summed E-state index contributed by atoms with van der Waals surface area (Å²) >= 11 is 0. The lowest BCUT2D eigenvalue weighted by molar-refractivity contribution is 0.00431. The number of nitrogens with zero attached hydrogens (tertiary/aromatic N) is 3. The van der Waals surface area contributed by atoms with Gasteiger partial charge in [0, 0.05) is 57.7 Å². The summed E-state index contributed by atoms with van der Waals surface area (Å²) < 4.78 is 21.0. The van der Waals surface area contributed by atoms with Gasteiger partial charge in [0.05, 0.1) is 19.3 Å². The molecule has 1 aliphatic carbocycles. The smallest absolute Gasteiger partial charge is 0.123 e. The van der Waals surface area contributed by atoms with E-state index >= 15 is 0 Å². The van der Waals surface area contributed by atoms with Gasteiger partial charge in [-0.25, -0.2) is 4.39 Å². The second-order valence-corrected chi connectivity index (χ2v) is 9.52. The fourth-order valence-electron chi connectivity index (χ4n) is 5.14. The van der Waals surface area contributed by atoms with Gasteiger partial charge in [-0.15, -0.1) is 0 Å². The van der Waals surface area contributed by atoms with E-state index in [2.05, 4.69) is 32.7 Å². The first-order valence-electron chi connectivity index (χ1n) is 12.2. The van der Waals surface area contributed by atoms with E-state index in [1.54, 1.807) is 0 Å². The molecule has 32 heavy (non-hydrogen) atoms. The molecule has 1 unspecified atom stereocenters. The monoisotopic (exact) mass is 443 g/mol. The number of aromatic nitrogens is 1. The predicted octanol–water partition coefficient (Wildman–Crippen LogP) is 3.75. The third-order valence-electron chi connectivity index (χ3n) is 6.86. The van der Waals surface area contributed by atoms with Crippen molar-refractivity contribution in [3.63, 3.8) is 0 Å². The van der Waals surface area contributed by atoms with E-state index in [0.29, 0.717) is 13.1 Å². The van der Waals surface area contributed by atoms with Crippen molar-refractivity contribution in [1.82, 2.24) is 14.4 Å². The van der Waals surface area contributed by atoms with Gasteiger partial charge in [-0.2, -0.15) is 0 Å². The summed E-state index contributed by atoms with van der Waals surface area (Å²) in [5.41, 5.74) is 2.33. The number of hydrogen-bond donors (Lipinski definition) is 1. The van der Waals surface area contributed by atoms with Gasteiger partial charge in [-0.1, -0.05) is 31.4 Å². The molecule has 0 radical (unpaired) electrons. The summed E-state index contributed by atoms with van der Waals surface area (Å²) in [7, 11) is 0. The highest BCUT2D eigenvalue weighted by Crippen LogP contribution is 2.25. The second-order valence-electron chi connectivity index (χ2n) is 9.52. The fraction of sp³-hybridized carbons (Fsp3) is 0.615. The highest BCUT2D eigenvalue weighted by molar-refractivity contribution is 5.18. The van der Waals surface area contributed by atoms with Gasteiger partial charge in [0.1, 0.15) is 5.82 Å². The number of benzene rings is 1. The number of aliphatic hydroxyl groups is 1. The second kappa shape index (κ2) is 11.9. The molecule has 2 aromatic rings. The van der Waals surface area contributed by atoms with Crippen LogP contribution in [0.2, 0.25) is 0 Å². The van der Waals surface area contributed by atoms with Crippen LogP contribution < -0.4 is 0 Å². The fourth-order valence-corrected chi connectivity index (χ4v) is 5.14. The Hall–Kier alpha value is -1.73. The molecule has 6 heteroatoms. The van der Waals surface area contributed by atoms with Gasteiger partial charge in [0.2, 0.25) is 0 Å². The van der Waals surface area contributed by atoms with Crippen LogP contribution in [0.3, 0.4) is 0 Å². The molecule has 176 valence electrons. The number of rotatable bonds is 10. The molecule has 5 nitrogen and oxygen atoms in total. The first-order chi connectivity index (χ1) is 15.7. The Kier molecular flexibility index (Phi) is 8.74. The molecule has 0 amide bonds. The molecule has 1 saturated carbocycles. The minimum Gasteiger partial charge on any atom is -0.390 e. The summed E-state index contributed by atoms with van der Waals surface area (Å²) in [5.74, 6) is 0.522. The Balaban J connectivity index is 1.40. The zero-order valence-electron chi connectivity index (χ0n) is 19.2. The molecule has 1 aromatic carbocycles. The van der Waals surface area contributed by atoms with Crippen LogP contribution in [0.15, 0.2) is 42.6 Å². The highest BCUT2D eigenvalue weighted by atomic mass is 19.1. The highest BCUT2D eigenvalue weighted by Gasteiger charge is 2.22. The molecule has 2 heterocycles. The van der Waals surface area contributed by atoms with Gasteiger partial charge in [-0.05, 0) is 48.6 Å².